The summed E-state index contributed by atoms with van der Waals surface area (Å²) in [7, 11) is 0. The number of carbonyl (C=O) groups is 3. The molecule has 4 rings (SSSR count). The van der Waals surface area contributed by atoms with Crippen LogP contribution in [0.1, 0.15) is 77.1 Å². The molecule has 1 saturated heterocycles. The maximum absolute atomic E-state index is 13.8. The Morgan fingerprint density at radius 3 is 2.21 bits per heavy atom. The third-order valence-electron chi connectivity index (χ3n) is 6.98. The van der Waals surface area contributed by atoms with Crippen LogP contribution in [0.5, 0.6) is 0 Å². The normalized spacial score (nSPS) is 15.7. The summed E-state index contributed by atoms with van der Waals surface area (Å²) < 4.78 is 5.24. The number of ether oxygens (including phenoxy) is 1. The monoisotopic (exact) mass is 528 g/mol. The van der Waals surface area contributed by atoms with E-state index in [1.807, 2.05) is 61.5 Å². The van der Waals surface area contributed by atoms with Gasteiger partial charge in [0.15, 0.2) is 5.82 Å². The van der Waals surface area contributed by atoms with Gasteiger partial charge in [-0.25, -0.2) is 14.8 Å². The predicted molar refractivity (Wildman–Crippen MR) is 150 cm³/mol. The highest BCUT2D eigenvalue weighted by Crippen LogP contribution is 2.25. The van der Waals surface area contributed by atoms with E-state index in [0.29, 0.717) is 36.7 Å². The first-order chi connectivity index (χ1) is 18.5. The van der Waals surface area contributed by atoms with Crippen LogP contribution in [0.4, 0.5) is 0 Å². The predicted octanol–water partition coefficient (Wildman–Crippen LogP) is 4.91. The van der Waals surface area contributed by atoms with Crippen molar-refractivity contribution < 1.29 is 19.1 Å². The first kappa shape index (κ1) is 28.0. The maximum atomic E-state index is 13.8. The molecule has 0 radical (unpaired) electrons. The molecule has 3 aromatic rings. The zero-order valence-corrected chi connectivity index (χ0v) is 23.5. The van der Waals surface area contributed by atoms with E-state index in [0.717, 1.165) is 11.1 Å². The van der Waals surface area contributed by atoms with Crippen molar-refractivity contribution in [3.63, 3.8) is 0 Å². The van der Waals surface area contributed by atoms with Crippen LogP contribution in [0, 0.1) is 6.92 Å². The summed E-state index contributed by atoms with van der Waals surface area (Å²) in [5, 5.41) is 0. The summed E-state index contributed by atoms with van der Waals surface area (Å²) >= 11 is 0. The van der Waals surface area contributed by atoms with Gasteiger partial charge in [0.2, 0.25) is 0 Å². The molecule has 0 bridgehead atoms. The summed E-state index contributed by atoms with van der Waals surface area (Å²) in [6.45, 7) is 12.9. The Bertz CT molecular complexity index is 1360. The quantitative estimate of drug-likeness (QED) is 0.437. The van der Waals surface area contributed by atoms with Crippen molar-refractivity contribution in [1.29, 1.82) is 0 Å². The van der Waals surface area contributed by atoms with Crippen molar-refractivity contribution in [2.45, 2.75) is 53.0 Å². The average Bonchev–Trinajstić information content (AvgIpc) is 2.92. The van der Waals surface area contributed by atoms with Gasteiger partial charge in [-0.1, -0.05) is 63.2 Å². The Morgan fingerprint density at radius 2 is 1.62 bits per heavy atom. The van der Waals surface area contributed by atoms with Crippen molar-refractivity contribution in [3.8, 4) is 11.4 Å². The van der Waals surface area contributed by atoms with E-state index < -0.39 is 5.97 Å². The van der Waals surface area contributed by atoms with E-state index in [4.69, 9.17) is 4.74 Å². The Labute approximate surface area is 230 Å². The smallest absolute Gasteiger partial charge is 0.342 e. The van der Waals surface area contributed by atoms with Crippen LogP contribution in [0.3, 0.4) is 0 Å². The number of carbonyl (C=O) groups excluding carboxylic acids is 3. The molecule has 1 fully saturated rings. The van der Waals surface area contributed by atoms with Crippen LogP contribution in [-0.2, 0) is 10.2 Å². The number of aryl methyl sites for hydroxylation is 1. The Hall–Kier alpha value is -4.07. The van der Waals surface area contributed by atoms with Gasteiger partial charge in [0.05, 0.1) is 12.3 Å². The molecular weight excluding hydrogens is 492 g/mol. The van der Waals surface area contributed by atoms with E-state index in [9.17, 15) is 14.4 Å². The van der Waals surface area contributed by atoms with E-state index >= 15 is 0 Å². The summed E-state index contributed by atoms with van der Waals surface area (Å²) in [4.78, 5) is 52.5. The number of nitrogens with zero attached hydrogens (tertiary/aromatic N) is 4. The molecule has 0 spiro atoms. The number of hydrogen-bond acceptors (Lipinski definition) is 6. The first-order valence-electron chi connectivity index (χ1n) is 13.3. The topological polar surface area (TPSA) is 92.7 Å². The summed E-state index contributed by atoms with van der Waals surface area (Å²) in [5.41, 5.74) is 3.00. The molecule has 2 aromatic carbocycles. The summed E-state index contributed by atoms with van der Waals surface area (Å²) in [6.07, 6.45) is 0. The lowest BCUT2D eigenvalue weighted by atomic mass is 9.86. The molecule has 204 valence electrons. The summed E-state index contributed by atoms with van der Waals surface area (Å²) in [6, 6.07) is 16.8. The fourth-order valence-corrected chi connectivity index (χ4v) is 4.76. The van der Waals surface area contributed by atoms with E-state index in [2.05, 4.69) is 30.7 Å². The third-order valence-corrected chi connectivity index (χ3v) is 6.98. The van der Waals surface area contributed by atoms with Crippen molar-refractivity contribution in [3.05, 3.63) is 82.7 Å². The van der Waals surface area contributed by atoms with Crippen molar-refractivity contribution in [1.82, 2.24) is 19.8 Å². The van der Waals surface area contributed by atoms with Crippen molar-refractivity contribution in [2.75, 3.05) is 26.2 Å². The number of amides is 2. The second-order valence-corrected chi connectivity index (χ2v) is 10.9. The van der Waals surface area contributed by atoms with Gasteiger partial charge >= 0.3 is 5.97 Å². The van der Waals surface area contributed by atoms with Crippen LogP contribution in [-0.4, -0.2) is 69.8 Å². The van der Waals surface area contributed by atoms with Crippen LogP contribution >= 0.6 is 0 Å². The molecule has 8 nitrogen and oxygen atoms in total. The fraction of sp³-hybridized carbons (Fsp3) is 0.387. The first-order valence-corrected chi connectivity index (χ1v) is 13.3. The molecule has 1 unspecified atom stereocenters. The molecule has 0 N–H and O–H groups in total. The van der Waals surface area contributed by atoms with Gasteiger partial charge < -0.3 is 14.5 Å². The fourth-order valence-electron chi connectivity index (χ4n) is 4.76. The molecule has 1 aliphatic rings. The average molecular weight is 529 g/mol. The van der Waals surface area contributed by atoms with Crippen LogP contribution < -0.4 is 0 Å². The van der Waals surface area contributed by atoms with Crippen LogP contribution in [0.15, 0.2) is 54.6 Å². The van der Waals surface area contributed by atoms with Gasteiger partial charge in [0.25, 0.3) is 11.8 Å². The Kier molecular flexibility index (Phi) is 8.14. The molecule has 0 saturated carbocycles. The van der Waals surface area contributed by atoms with E-state index in [1.165, 1.54) is 0 Å². The number of aromatic nitrogens is 2. The van der Waals surface area contributed by atoms with E-state index in [1.54, 1.807) is 23.6 Å². The van der Waals surface area contributed by atoms with Gasteiger partial charge in [-0.15, -0.1) is 0 Å². The lowest BCUT2D eigenvalue weighted by Crippen LogP contribution is -2.55. The zero-order chi connectivity index (χ0) is 28.3. The minimum atomic E-state index is -0.626. The number of benzene rings is 2. The molecule has 1 atom stereocenters. The van der Waals surface area contributed by atoms with Crippen LogP contribution in [0.25, 0.3) is 11.4 Å². The number of esters is 1. The highest BCUT2D eigenvalue weighted by Gasteiger charge is 2.34. The molecule has 2 heterocycles. The van der Waals surface area contributed by atoms with E-state index in [-0.39, 0.29) is 41.1 Å². The highest BCUT2D eigenvalue weighted by molar-refractivity contribution is 6.05. The van der Waals surface area contributed by atoms with Gasteiger partial charge in [0, 0.05) is 36.8 Å². The molecule has 0 aliphatic carbocycles. The number of hydrogen-bond donors (Lipinski definition) is 0. The molecular formula is C31H36N4O4. The lowest BCUT2D eigenvalue weighted by Gasteiger charge is -2.40. The second kappa shape index (κ2) is 11.4. The van der Waals surface area contributed by atoms with Gasteiger partial charge in [-0.3, -0.25) is 9.59 Å². The summed E-state index contributed by atoms with van der Waals surface area (Å²) in [5.74, 6) is -0.704. The largest absolute Gasteiger partial charge is 0.462 e. The number of piperazine rings is 1. The van der Waals surface area contributed by atoms with Crippen molar-refractivity contribution in [2.24, 2.45) is 0 Å². The second-order valence-electron chi connectivity index (χ2n) is 10.9. The van der Waals surface area contributed by atoms with Crippen LogP contribution in [0.2, 0.25) is 0 Å². The molecule has 1 aliphatic heterocycles. The molecule has 8 heteroatoms. The molecule has 1 aromatic heterocycles. The van der Waals surface area contributed by atoms with Gasteiger partial charge in [-0.2, -0.15) is 0 Å². The molecule has 2 amide bonds. The minimum absolute atomic E-state index is 0.00296. The van der Waals surface area contributed by atoms with Gasteiger partial charge in [0.1, 0.15) is 11.3 Å². The SMILES string of the molecule is CCOC(=O)c1c(C)nc(-c2ccccc2)nc1C(=O)N1CCN(C(=O)c2ccc(C(C)(C)C)cc2)C(C)C1. The minimum Gasteiger partial charge on any atom is -0.462 e. The standard InChI is InChI=1S/C31H36N4O4/c1-7-39-30(38)25-21(3)32-27(22-11-9-8-10-12-22)33-26(25)29(37)34-17-18-35(20(2)19-34)28(36)23-13-15-24(16-14-23)31(4,5)6/h8-16,20H,7,17-19H2,1-6H3. The number of rotatable bonds is 5. The molecule has 39 heavy (non-hydrogen) atoms. The van der Waals surface area contributed by atoms with Crippen molar-refractivity contribution >= 4 is 17.8 Å². The lowest BCUT2D eigenvalue weighted by molar-refractivity contribution is 0.0406. The maximum Gasteiger partial charge on any atom is 0.342 e. The third kappa shape index (κ3) is 6.00. The Morgan fingerprint density at radius 1 is 0.949 bits per heavy atom. The Balaban J connectivity index is 1.58. The zero-order valence-electron chi connectivity index (χ0n) is 23.5. The highest BCUT2D eigenvalue weighted by atomic mass is 16.5. The van der Waals surface area contributed by atoms with Gasteiger partial charge in [-0.05, 0) is 43.9 Å².